The van der Waals surface area contributed by atoms with Crippen molar-refractivity contribution < 1.29 is 14.3 Å². The van der Waals surface area contributed by atoms with Gasteiger partial charge in [-0.2, -0.15) is 0 Å². The number of likely N-dealkylation sites (N-methyl/N-ethyl adjacent to an activating group) is 1. The Bertz CT molecular complexity index is 784. The molecule has 0 spiro atoms. The maximum Gasteiger partial charge on any atom is 0.264 e. The van der Waals surface area contributed by atoms with Crippen LogP contribution in [0, 0.1) is 6.92 Å². The summed E-state index contributed by atoms with van der Waals surface area (Å²) in [5.41, 5.74) is 3.82. The maximum atomic E-state index is 12.1. The number of fused-ring (bicyclic) bond motifs is 1. The molecule has 0 fully saturated rings. The molecule has 1 heterocycles. The number of carbonyl (C=O) groups excluding carboxylic acids is 2. The molecule has 1 aliphatic rings. The Kier molecular flexibility index (Phi) is 5.03. The Morgan fingerprint density at radius 3 is 2.72 bits per heavy atom. The summed E-state index contributed by atoms with van der Waals surface area (Å²) in [4.78, 5) is 25.4. The minimum atomic E-state index is -0.103. The number of benzene rings is 2. The quantitative estimate of drug-likeness (QED) is 0.910. The zero-order valence-corrected chi connectivity index (χ0v) is 14.5. The van der Waals surface area contributed by atoms with E-state index in [4.69, 9.17) is 4.74 Å². The number of aryl methyl sites for hydroxylation is 2. The first-order chi connectivity index (χ1) is 12.0. The van der Waals surface area contributed by atoms with Gasteiger partial charge in [0.1, 0.15) is 5.75 Å². The lowest BCUT2D eigenvalue weighted by molar-refractivity contribution is -0.121. The maximum absolute atomic E-state index is 12.1. The van der Waals surface area contributed by atoms with E-state index in [9.17, 15) is 9.59 Å². The molecule has 1 aliphatic heterocycles. The van der Waals surface area contributed by atoms with Gasteiger partial charge in [0.25, 0.3) is 5.91 Å². The number of hydrogen-bond donors (Lipinski definition) is 1. The van der Waals surface area contributed by atoms with Crippen LogP contribution in [0.25, 0.3) is 0 Å². The van der Waals surface area contributed by atoms with E-state index >= 15 is 0 Å². The van der Waals surface area contributed by atoms with Gasteiger partial charge in [-0.15, -0.1) is 0 Å². The number of nitrogens with zero attached hydrogens (tertiary/aromatic N) is 1. The van der Waals surface area contributed by atoms with Crippen LogP contribution in [-0.4, -0.2) is 25.5 Å². The van der Waals surface area contributed by atoms with E-state index in [1.807, 2.05) is 0 Å². The van der Waals surface area contributed by atoms with Crippen molar-refractivity contribution in [3.8, 4) is 5.75 Å². The summed E-state index contributed by atoms with van der Waals surface area (Å²) in [6, 6.07) is 13.7. The molecule has 0 aliphatic carbocycles. The number of rotatable bonds is 5. The highest BCUT2D eigenvalue weighted by Crippen LogP contribution is 2.33. The van der Waals surface area contributed by atoms with Gasteiger partial charge in [0.05, 0.1) is 5.69 Å². The second-order valence-electron chi connectivity index (χ2n) is 6.31. The van der Waals surface area contributed by atoms with Crippen molar-refractivity contribution in [3.63, 3.8) is 0 Å². The Hall–Kier alpha value is -2.82. The summed E-state index contributed by atoms with van der Waals surface area (Å²) in [7, 11) is 1.71. The predicted molar refractivity (Wildman–Crippen MR) is 98.1 cm³/mol. The lowest BCUT2D eigenvalue weighted by Crippen LogP contribution is -2.35. The second-order valence-corrected chi connectivity index (χ2v) is 6.31. The van der Waals surface area contributed by atoms with Gasteiger partial charge in [-0.3, -0.25) is 9.59 Å². The van der Waals surface area contributed by atoms with E-state index in [1.54, 1.807) is 30.1 Å². The fourth-order valence-corrected chi connectivity index (χ4v) is 2.78. The molecule has 0 unspecified atom stereocenters. The number of amides is 2. The minimum Gasteiger partial charge on any atom is -0.482 e. The van der Waals surface area contributed by atoms with Crippen LogP contribution in [0.15, 0.2) is 42.5 Å². The topological polar surface area (TPSA) is 58.6 Å². The first kappa shape index (κ1) is 17.0. The average molecular weight is 338 g/mol. The van der Waals surface area contributed by atoms with Gasteiger partial charge < -0.3 is 15.0 Å². The van der Waals surface area contributed by atoms with Gasteiger partial charge in [0.2, 0.25) is 5.91 Å². The standard InChI is InChI=1S/C20H22N2O3/c1-14-6-8-15(9-7-14)4-3-5-19(23)21-16-10-11-18-17(12-16)22(2)20(24)13-25-18/h6-12H,3-5,13H2,1-2H3,(H,21,23). The van der Waals surface area contributed by atoms with E-state index in [0.29, 0.717) is 23.5 Å². The van der Waals surface area contributed by atoms with Crippen LogP contribution in [0.2, 0.25) is 0 Å². The smallest absolute Gasteiger partial charge is 0.264 e. The minimum absolute atomic E-state index is 0.0298. The Morgan fingerprint density at radius 2 is 1.96 bits per heavy atom. The predicted octanol–water partition coefficient (Wildman–Crippen LogP) is 3.31. The molecule has 5 heteroatoms. The van der Waals surface area contributed by atoms with E-state index in [0.717, 1.165) is 12.8 Å². The molecule has 5 nitrogen and oxygen atoms in total. The average Bonchev–Trinajstić information content (AvgIpc) is 2.60. The first-order valence-corrected chi connectivity index (χ1v) is 8.42. The molecular formula is C20H22N2O3. The first-order valence-electron chi connectivity index (χ1n) is 8.42. The fraction of sp³-hybridized carbons (Fsp3) is 0.300. The molecule has 0 radical (unpaired) electrons. The molecule has 2 aromatic rings. The van der Waals surface area contributed by atoms with Crippen molar-refractivity contribution in [1.82, 2.24) is 0 Å². The molecule has 3 rings (SSSR count). The van der Waals surface area contributed by atoms with Crippen LogP contribution in [0.1, 0.15) is 24.0 Å². The zero-order valence-electron chi connectivity index (χ0n) is 14.5. The summed E-state index contributed by atoms with van der Waals surface area (Å²) in [6.45, 7) is 2.11. The van der Waals surface area contributed by atoms with Crippen LogP contribution in [0.3, 0.4) is 0 Å². The summed E-state index contributed by atoms with van der Waals surface area (Å²) in [5.74, 6) is 0.520. The molecule has 0 atom stereocenters. The molecule has 0 saturated heterocycles. The summed E-state index contributed by atoms with van der Waals surface area (Å²) in [6.07, 6.45) is 2.13. The van der Waals surface area contributed by atoms with Crippen LogP contribution in [-0.2, 0) is 16.0 Å². The monoisotopic (exact) mass is 338 g/mol. The van der Waals surface area contributed by atoms with E-state index in [1.165, 1.54) is 11.1 Å². The number of ether oxygens (including phenoxy) is 1. The SMILES string of the molecule is Cc1ccc(CCCC(=O)Nc2ccc3c(c2)N(C)C(=O)CO3)cc1. The van der Waals surface area contributed by atoms with Crippen molar-refractivity contribution in [3.05, 3.63) is 53.6 Å². The Balaban J connectivity index is 1.54. The van der Waals surface area contributed by atoms with E-state index in [-0.39, 0.29) is 18.4 Å². The molecule has 0 aromatic heterocycles. The second kappa shape index (κ2) is 7.38. The molecular weight excluding hydrogens is 316 g/mol. The van der Waals surface area contributed by atoms with Crippen LogP contribution < -0.4 is 15.0 Å². The molecule has 130 valence electrons. The lowest BCUT2D eigenvalue weighted by atomic mass is 10.1. The van der Waals surface area contributed by atoms with Gasteiger partial charge in [0.15, 0.2) is 6.61 Å². The molecule has 2 aromatic carbocycles. The van der Waals surface area contributed by atoms with Crippen LogP contribution in [0.5, 0.6) is 5.75 Å². The Labute approximate surface area is 147 Å². The van der Waals surface area contributed by atoms with Gasteiger partial charge in [-0.25, -0.2) is 0 Å². The largest absolute Gasteiger partial charge is 0.482 e. The van der Waals surface area contributed by atoms with E-state index < -0.39 is 0 Å². The fourth-order valence-electron chi connectivity index (χ4n) is 2.78. The normalized spacial score (nSPS) is 13.2. The number of nitrogens with one attached hydrogen (secondary N) is 1. The van der Waals surface area contributed by atoms with Gasteiger partial charge >= 0.3 is 0 Å². The number of anilines is 2. The highest BCUT2D eigenvalue weighted by molar-refractivity contribution is 5.99. The van der Waals surface area contributed by atoms with Crippen molar-refractivity contribution >= 4 is 23.2 Å². The van der Waals surface area contributed by atoms with Crippen molar-refractivity contribution in [2.45, 2.75) is 26.2 Å². The third-order valence-electron chi connectivity index (χ3n) is 4.32. The molecule has 2 amide bonds. The van der Waals surface area contributed by atoms with E-state index in [2.05, 4.69) is 36.5 Å². The summed E-state index contributed by atoms with van der Waals surface area (Å²) in [5, 5.41) is 2.89. The van der Waals surface area contributed by atoms with Gasteiger partial charge in [0, 0.05) is 19.2 Å². The third kappa shape index (κ3) is 4.18. The highest BCUT2D eigenvalue weighted by Gasteiger charge is 2.22. The molecule has 1 N–H and O–H groups in total. The highest BCUT2D eigenvalue weighted by atomic mass is 16.5. The van der Waals surface area contributed by atoms with Gasteiger partial charge in [-0.1, -0.05) is 29.8 Å². The molecule has 25 heavy (non-hydrogen) atoms. The summed E-state index contributed by atoms with van der Waals surface area (Å²) >= 11 is 0. The Morgan fingerprint density at radius 1 is 1.20 bits per heavy atom. The number of hydrogen-bond acceptors (Lipinski definition) is 3. The lowest BCUT2D eigenvalue weighted by Gasteiger charge is -2.26. The van der Waals surface area contributed by atoms with Gasteiger partial charge in [-0.05, 0) is 43.5 Å². The van der Waals surface area contributed by atoms with Crippen LogP contribution in [0.4, 0.5) is 11.4 Å². The van der Waals surface area contributed by atoms with Crippen molar-refractivity contribution in [2.24, 2.45) is 0 Å². The molecule has 0 bridgehead atoms. The number of carbonyl (C=O) groups is 2. The summed E-state index contributed by atoms with van der Waals surface area (Å²) < 4.78 is 5.38. The third-order valence-corrected chi connectivity index (χ3v) is 4.32. The van der Waals surface area contributed by atoms with Crippen molar-refractivity contribution in [1.29, 1.82) is 0 Å². The molecule has 0 saturated carbocycles. The zero-order chi connectivity index (χ0) is 17.8. The van der Waals surface area contributed by atoms with Crippen molar-refractivity contribution in [2.75, 3.05) is 23.9 Å². The van der Waals surface area contributed by atoms with Crippen LogP contribution >= 0.6 is 0 Å².